The molecule has 0 aromatic heterocycles. The number of piperidine rings is 1. The van der Waals surface area contributed by atoms with E-state index in [0.29, 0.717) is 25.4 Å². The van der Waals surface area contributed by atoms with E-state index in [9.17, 15) is 14.4 Å². The Kier molecular flexibility index (Phi) is 5.20. The summed E-state index contributed by atoms with van der Waals surface area (Å²) in [4.78, 5) is 39.0. The Balaban J connectivity index is 1.95. The maximum Gasteiger partial charge on any atom is 0.325 e. The predicted molar refractivity (Wildman–Crippen MR) is 76.3 cm³/mol. The van der Waals surface area contributed by atoms with Crippen molar-refractivity contribution in [2.24, 2.45) is 5.92 Å². The first kappa shape index (κ1) is 15.8. The standard InChI is InChI=1S/C15H24N2O4/c1-16(10-14(19)21-2)15(20)11-7-8-13(18)17(9-11)12-5-3-4-6-12/h11-12H,3-10H2,1-2H3/t11-/m1/s1. The number of nitrogens with zero attached hydrogens (tertiary/aromatic N) is 2. The van der Waals surface area contributed by atoms with Crippen molar-refractivity contribution in [2.45, 2.75) is 44.6 Å². The molecule has 2 fully saturated rings. The second-order valence-electron chi connectivity index (χ2n) is 5.99. The number of likely N-dealkylation sites (tertiary alicyclic amines) is 1. The van der Waals surface area contributed by atoms with Gasteiger partial charge in [0.25, 0.3) is 0 Å². The molecule has 2 amide bonds. The van der Waals surface area contributed by atoms with Gasteiger partial charge in [-0.3, -0.25) is 14.4 Å². The molecule has 1 heterocycles. The number of rotatable bonds is 4. The molecule has 0 aromatic rings. The van der Waals surface area contributed by atoms with Crippen molar-refractivity contribution in [3.8, 4) is 0 Å². The number of ether oxygens (including phenoxy) is 1. The largest absolute Gasteiger partial charge is 0.468 e. The van der Waals surface area contributed by atoms with Crippen LogP contribution < -0.4 is 0 Å². The van der Waals surface area contributed by atoms with E-state index in [0.717, 1.165) is 25.7 Å². The van der Waals surface area contributed by atoms with Crippen LogP contribution in [0.5, 0.6) is 0 Å². The Hall–Kier alpha value is -1.59. The molecule has 2 rings (SSSR count). The molecule has 1 atom stereocenters. The Morgan fingerprint density at radius 1 is 1.29 bits per heavy atom. The van der Waals surface area contributed by atoms with Crippen LogP contribution in [0.3, 0.4) is 0 Å². The zero-order valence-electron chi connectivity index (χ0n) is 12.8. The van der Waals surface area contributed by atoms with Crippen LogP contribution in [0.1, 0.15) is 38.5 Å². The smallest absolute Gasteiger partial charge is 0.325 e. The summed E-state index contributed by atoms with van der Waals surface area (Å²) in [6, 6.07) is 0.305. The van der Waals surface area contributed by atoms with Gasteiger partial charge in [-0.2, -0.15) is 0 Å². The molecule has 0 spiro atoms. The molecule has 0 radical (unpaired) electrons. The summed E-state index contributed by atoms with van der Waals surface area (Å²) in [6.45, 7) is 0.455. The van der Waals surface area contributed by atoms with Crippen LogP contribution in [0.15, 0.2) is 0 Å². The minimum absolute atomic E-state index is 0.0385. The van der Waals surface area contributed by atoms with Crippen molar-refractivity contribution in [1.82, 2.24) is 9.80 Å². The molecule has 0 N–H and O–H groups in total. The third-order valence-electron chi connectivity index (χ3n) is 4.53. The zero-order chi connectivity index (χ0) is 15.4. The Morgan fingerprint density at radius 3 is 2.57 bits per heavy atom. The van der Waals surface area contributed by atoms with Crippen LogP contribution >= 0.6 is 0 Å². The van der Waals surface area contributed by atoms with Gasteiger partial charge in [-0.25, -0.2) is 0 Å². The molecule has 1 aliphatic carbocycles. The number of amides is 2. The number of carbonyl (C=O) groups excluding carboxylic acids is 3. The van der Waals surface area contributed by atoms with Gasteiger partial charge in [0.2, 0.25) is 11.8 Å². The van der Waals surface area contributed by atoms with Crippen molar-refractivity contribution in [1.29, 1.82) is 0 Å². The summed E-state index contributed by atoms with van der Waals surface area (Å²) in [6.07, 6.45) is 5.42. The van der Waals surface area contributed by atoms with E-state index in [1.807, 2.05) is 4.90 Å². The summed E-state index contributed by atoms with van der Waals surface area (Å²) in [5.41, 5.74) is 0. The van der Waals surface area contributed by atoms with Crippen LogP contribution in [0.25, 0.3) is 0 Å². The molecule has 1 saturated carbocycles. The number of methoxy groups -OCH3 is 1. The minimum atomic E-state index is -0.426. The van der Waals surface area contributed by atoms with E-state index in [1.165, 1.54) is 12.0 Å². The van der Waals surface area contributed by atoms with Crippen LogP contribution in [0.2, 0.25) is 0 Å². The lowest BCUT2D eigenvalue weighted by Crippen LogP contribution is -2.50. The van der Waals surface area contributed by atoms with Gasteiger partial charge in [-0.15, -0.1) is 0 Å². The summed E-state index contributed by atoms with van der Waals surface area (Å²) < 4.78 is 4.58. The fraction of sp³-hybridized carbons (Fsp3) is 0.800. The minimum Gasteiger partial charge on any atom is -0.468 e. The molecule has 1 saturated heterocycles. The second-order valence-corrected chi connectivity index (χ2v) is 5.99. The first-order chi connectivity index (χ1) is 10.0. The number of carbonyl (C=O) groups is 3. The van der Waals surface area contributed by atoms with Crippen molar-refractivity contribution in [2.75, 3.05) is 27.2 Å². The molecule has 0 aromatic carbocycles. The molecule has 6 heteroatoms. The monoisotopic (exact) mass is 296 g/mol. The normalized spacial score (nSPS) is 23.2. The number of likely N-dealkylation sites (N-methyl/N-ethyl adjacent to an activating group) is 1. The molecule has 118 valence electrons. The van der Waals surface area contributed by atoms with Crippen LogP contribution in [0, 0.1) is 5.92 Å². The highest BCUT2D eigenvalue weighted by molar-refractivity contribution is 5.86. The molecule has 0 bridgehead atoms. The van der Waals surface area contributed by atoms with Gasteiger partial charge >= 0.3 is 5.97 Å². The van der Waals surface area contributed by atoms with Gasteiger partial charge in [0.05, 0.1) is 13.0 Å². The van der Waals surface area contributed by atoms with Gasteiger partial charge in [0, 0.05) is 26.1 Å². The van der Waals surface area contributed by atoms with E-state index in [2.05, 4.69) is 4.74 Å². The fourth-order valence-electron chi connectivity index (χ4n) is 3.29. The molecule has 1 aliphatic heterocycles. The van der Waals surface area contributed by atoms with Gasteiger partial charge in [-0.05, 0) is 19.3 Å². The van der Waals surface area contributed by atoms with E-state index in [4.69, 9.17) is 0 Å². The molecule has 21 heavy (non-hydrogen) atoms. The van der Waals surface area contributed by atoms with E-state index in [1.54, 1.807) is 7.05 Å². The summed E-state index contributed by atoms with van der Waals surface area (Å²) in [7, 11) is 2.91. The fourth-order valence-corrected chi connectivity index (χ4v) is 3.29. The second kappa shape index (κ2) is 6.91. The summed E-state index contributed by atoms with van der Waals surface area (Å²) >= 11 is 0. The summed E-state index contributed by atoms with van der Waals surface area (Å²) in [5.74, 6) is -0.527. The lowest BCUT2D eigenvalue weighted by Gasteiger charge is -2.37. The Morgan fingerprint density at radius 2 is 1.95 bits per heavy atom. The third-order valence-corrected chi connectivity index (χ3v) is 4.53. The lowest BCUT2D eigenvalue weighted by molar-refractivity contribution is -0.150. The van der Waals surface area contributed by atoms with Gasteiger partial charge in [0.15, 0.2) is 0 Å². The maximum atomic E-state index is 12.4. The van der Waals surface area contributed by atoms with Crippen molar-refractivity contribution >= 4 is 17.8 Å². The average molecular weight is 296 g/mol. The Bertz CT molecular complexity index is 418. The Labute approximate surface area is 125 Å². The zero-order valence-corrected chi connectivity index (χ0v) is 12.8. The first-order valence-electron chi connectivity index (χ1n) is 7.64. The first-order valence-corrected chi connectivity index (χ1v) is 7.64. The van der Waals surface area contributed by atoms with Crippen LogP contribution in [0.4, 0.5) is 0 Å². The summed E-state index contributed by atoms with van der Waals surface area (Å²) in [5, 5.41) is 0. The quantitative estimate of drug-likeness (QED) is 0.720. The lowest BCUT2D eigenvalue weighted by atomic mass is 9.94. The topological polar surface area (TPSA) is 66.9 Å². The SMILES string of the molecule is COC(=O)CN(C)C(=O)[C@@H]1CCC(=O)N(C2CCCC2)C1. The van der Waals surface area contributed by atoms with E-state index in [-0.39, 0.29) is 24.3 Å². The predicted octanol–water partition coefficient (Wildman–Crippen LogP) is 0.799. The average Bonchev–Trinajstić information content (AvgIpc) is 3.00. The highest BCUT2D eigenvalue weighted by Crippen LogP contribution is 2.29. The van der Waals surface area contributed by atoms with Gasteiger partial charge in [-0.1, -0.05) is 12.8 Å². The van der Waals surface area contributed by atoms with Crippen molar-refractivity contribution in [3.05, 3.63) is 0 Å². The van der Waals surface area contributed by atoms with Crippen LogP contribution in [-0.4, -0.2) is 60.9 Å². The maximum absolute atomic E-state index is 12.4. The molecular weight excluding hydrogens is 272 g/mol. The van der Waals surface area contributed by atoms with Crippen molar-refractivity contribution in [3.63, 3.8) is 0 Å². The number of esters is 1. The third kappa shape index (κ3) is 3.74. The highest BCUT2D eigenvalue weighted by Gasteiger charge is 2.36. The van der Waals surface area contributed by atoms with Gasteiger partial charge in [0.1, 0.15) is 6.54 Å². The number of hydrogen-bond acceptors (Lipinski definition) is 4. The molecule has 6 nitrogen and oxygen atoms in total. The van der Waals surface area contributed by atoms with E-state index < -0.39 is 5.97 Å². The van der Waals surface area contributed by atoms with Gasteiger partial charge < -0.3 is 14.5 Å². The molecular formula is C15H24N2O4. The number of hydrogen-bond donors (Lipinski definition) is 0. The van der Waals surface area contributed by atoms with Crippen molar-refractivity contribution < 1.29 is 19.1 Å². The van der Waals surface area contributed by atoms with Crippen LogP contribution in [-0.2, 0) is 19.1 Å². The van der Waals surface area contributed by atoms with E-state index >= 15 is 0 Å². The highest BCUT2D eigenvalue weighted by atomic mass is 16.5. The molecule has 2 aliphatic rings. The molecule has 0 unspecified atom stereocenters.